The van der Waals surface area contributed by atoms with Gasteiger partial charge in [0, 0.05) is 42.9 Å². The highest BCUT2D eigenvalue weighted by atomic mass is 16.5. The van der Waals surface area contributed by atoms with Gasteiger partial charge in [-0.2, -0.15) is 5.10 Å². The fraction of sp³-hybridized carbons (Fsp3) is 0.423. The van der Waals surface area contributed by atoms with Crippen LogP contribution in [0.2, 0.25) is 0 Å². The second kappa shape index (κ2) is 10.3. The fourth-order valence-electron chi connectivity index (χ4n) is 4.82. The fourth-order valence-corrected chi connectivity index (χ4v) is 4.82. The van der Waals surface area contributed by atoms with Gasteiger partial charge >= 0.3 is 0 Å². The highest BCUT2D eigenvalue weighted by Gasteiger charge is 2.25. The first-order chi connectivity index (χ1) is 16.7. The van der Waals surface area contributed by atoms with Gasteiger partial charge in [-0.3, -0.25) is 14.7 Å². The Morgan fingerprint density at radius 3 is 3.00 bits per heavy atom. The SMILES string of the molecule is O=C1CCCN1CCOc1cccc(C(=O)N2CCOC[C@H](Cc3cccc4[nH]ncc34)C2)c1. The molecule has 178 valence electrons. The quantitative estimate of drug-likeness (QED) is 0.583. The Kier molecular flexibility index (Phi) is 6.76. The number of aromatic amines is 1. The number of nitrogens with one attached hydrogen (secondary N) is 1. The van der Waals surface area contributed by atoms with Crippen LogP contribution in [0.25, 0.3) is 10.9 Å². The van der Waals surface area contributed by atoms with Crippen LogP contribution < -0.4 is 4.74 Å². The molecule has 34 heavy (non-hydrogen) atoms. The Bertz CT molecular complexity index is 1160. The molecule has 5 rings (SSSR count). The molecule has 3 heterocycles. The molecule has 1 aromatic heterocycles. The van der Waals surface area contributed by atoms with Gasteiger partial charge in [-0.25, -0.2) is 0 Å². The lowest BCUT2D eigenvalue weighted by Gasteiger charge is -2.24. The second-order valence-corrected chi connectivity index (χ2v) is 9.01. The largest absolute Gasteiger partial charge is 0.492 e. The van der Waals surface area contributed by atoms with Gasteiger partial charge < -0.3 is 19.3 Å². The van der Waals surface area contributed by atoms with Crippen LogP contribution in [0.5, 0.6) is 5.75 Å². The first kappa shape index (κ1) is 22.4. The zero-order valence-electron chi connectivity index (χ0n) is 19.2. The minimum atomic E-state index is -0.0165. The molecule has 2 amide bonds. The number of carbonyl (C=O) groups is 2. The van der Waals surface area contributed by atoms with Crippen molar-refractivity contribution in [1.82, 2.24) is 20.0 Å². The van der Waals surface area contributed by atoms with E-state index in [0.717, 1.165) is 30.3 Å². The molecule has 8 nitrogen and oxygen atoms in total. The molecule has 2 aliphatic rings. The number of hydrogen-bond donors (Lipinski definition) is 1. The van der Waals surface area contributed by atoms with Crippen molar-refractivity contribution in [2.24, 2.45) is 5.92 Å². The minimum absolute atomic E-state index is 0.0165. The zero-order valence-corrected chi connectivity index (χ0v) is 19.2. The molecule has 2 saturated heterocycles. The first-order valence-electron chi connectivity index (χ1n) is 12.0. The summed E-state index contributed by atoms with van der Waals surface area (Å²) < 4.78 is 11.7. The molecule has 1 atom stereocenters. The third-order valence-corrected chi connectivity index (χ3v) is 6.59. The van der Waals surface area contributed by atoms with Crippen molar-refractivity contribution in [2.75, 3.05) is 46.0 Å². The number of H-pyrrole nitrogens is 1. The summed E-state index contributed by atoms with van der Waals surface area (Å²) in [7, 11) is 0. The van der Waals surface area contributed by atoms with Crippen molar-refractivity contribution in [1.29, 1.82) is 0 Å². The Morgan fingerprint density at radius 1 is 1.21 bits per heavy atom. The Hall–Kier alpha value is -3.39. The summed E-state index contributed by atoms with van der Waals surface area (Å²) in [5.74, 6) is 1.02. The maximum atomic E-state index is 13.3. The Morgan fingerprint density at radius 2 is 2.12 bits per heavy atom. The van der Waals surface area contributed by atoms with Gasteiger partial charge in [-0.1, -0.05) is 18.2 Å². The summed E-state index contributed by atoms with van der Waals surface area (Å²) in [5.41, 5.74) is 2.83. The van der Waals surface area contributed by atoms with Crippen LogP contribution >= 0.6 is 0 Å². The Labute approximate surface area is 198 Å². The van der Waals surface area contributed by atoms with Gasteiger partial charge in [-0.05, 0) is 42.7 Å². The van der Waals surface area contributed by atoms with E-state index in [9.17, 15) is 9.59 Å². The summed E-state index contributed by atoms with van der Waals surface area (Å²) in [6.45, 7) is 4.14. The van der Waals surface area contributed by atoms with E-state index in [4.69, 9.17) is 9.47 Å². The summed E-state index contributed by atoms with van der Waals surface area (Å²) in [5, 5.41) is 8.29. The van der Waals surface area contributed by atoms with Crippen LogP contribution in [0.4, 0.5) is 0 Å². The number of fused-ring (bicyclic) bond motifs is 1. The normalized spacial score (nSPS) is 18.9. The van der Waals surface area contributed by atoms with Gasteiger partial charge in [0.2, 0.25) is 5.91 Å². The molecule has 0 saturated carbocycles. The van der Waals surface area contributed by atoms with Crippen molar-refractivity contribution in [3.05, 3.63) is 59.8 Å². The lowest BCUT2D eigenvalue weighted by molar-refractivity contribution is -0.128. The van der Waals surface area contributed by atoms with Crippen LogP contribution in [0.3, 0.4) is 0 Å². The highest BCUT2D eigenvalue weighted by Crippen LogP contribution is 2.23. The van der Waals surface area contributed by atoms with E-state index >= 15 is 0 Å². The maximum absolute atomic E-state index is 13.3. The van der Waals surface area contributed by atoms with Crippen molar-refractivity contribution < 1.29 is 19.1 Å². The van der Waals surface area contributed by atoms with Crippen molar-refractivity contribution in [2.45, 2.75) is 19.3 Å². The van der Waals surface area contributed by atoms with Crippen molar-refractivity contribution in [3.63, 3.8) is 0 Å². The third kappa shape index (κ3) is 5.07. The molecule has 0 unspecified atom stereocenters. The molecule has 2 aromatic carbocycles. The minimum Gasteiger partial charge on any atom is -0.492 e. The van der Waals surface area contributed by atoms with Gasteiger partial charge in [0.25, 0.3) is 5.91 Å². The number of likely N-dealkylation sites (tertiary alicyclic amines) is 1. The molecule has 2 aliphatic heterocycles. The number of carbonyl (C=O) groups excluding carboxylic acids is 2. The number of nitrogens with zero attached hydrogens (tertiary/aromatic N) is 3. The molecule has 0 aliphatic carbocycles. The summed E-state index contributed by atoms with van der Waals surface area (Å²) >= 11 is 0. The van der Waals surface area contributed by atoms with Crippen molar-refractivity contribution >= 4 is 22.7 Å². The van der Waals surface area contributed by atoms with Crippen LogP contribution in [0.1, 0.15) is 28.8 Å². The van der Waals surface area contributed by atoms with Crippen LogP contribution in [0.15, 0.2) is 48.7 Å². The molecule has 0 radical (unpaired) electrons. The van der Waals surface area contributed by atoms with E-state index < -0.39 is 0 Å². The van der Waals surface area contributed by atoms with E-state index in [0.29, 0.717) is 57.2 Å². The summed E-state index contributed by atoms with van der Waals surface area (Å²) in [6.07, 6.45) is 4.22. The molecular formula is C26H30N4O4. The van der Waals surface area contributed by atoms with E-state index in [1.807, 2.05) is 46.3 Å². The lowest BCUT2D eigenvalue weighted by Crippen LogP contribution is -2.36. The predicted octanol–water partition coefficient (Wildman–Crippen LogP) is 2.90. The standard InChI is InChI=1S/C26H30N4O4/c31-25-8-3-9-29(25)11-13-34-22-6-1-5-21(15-22)26(32)30-10-12-33-18-19(17-30)14-20-4-2-7-24-23(20)16-27-28-24/h1-2,4-7,15-16,19H,3,8-14,17-18H2,(H,27,28)/t19-/m1/s1. The van der Waals surface area contributed by atoms with Crippen LogP contribution in [0, 0.1) is 5.92 Å². The second-order valence-electron chi connectivity index (χ2n) is 9.01. The smallest absolute Gasteiger partial charge is 0.254 e. The number of benzene rings is 2. The van der Waals surface area contributed by atoms with Gasteiger partial charge in [-0.15, -0.1) is 0 Å². The van der Waals surface area contributed by atoms with E-state index in [-0.39, 0.29) is 17.7 Å². The number of ether oxygens (including phenoxy) is 2. The Balaban J connectivity index is 1.22. The predicted molar refractivity (Wildman–Crippen MR) is 128 cm³/mol. The zero-order chi connectivity index (χ0) is 23.3. The van der Waals surface area contributed by atoms with E-state index in [2.05, 4.69) is 16.3 Å². The topological polar surface area (TPSA) is 87.8 Å². The highest BCUT2D eigenvalue weighted by molar-refractivity contribution is 5.94. The van der Waals surface area contributed by atoms with Gasteiger partial charge in [0.1, 0.15) is 12.4 Å². The molecule has 0 spiro atoms. The average molecular weight is 463 g/mol. The molecule has 1 N–H and O–H groups in total. The average Bonchev–Trinajstić information content (AvgIpc) is 3.43. The number of aromatic nitrogens is 2. The van der Waals surface area contributed by atoms with Crippen LogP contribution in [-0.2, 0) is 16.0 Å². The number of hydrogen-bond acceptors (Lipinski definition) is 5. The van der Waals surface area contributed by atoms with E-state index in [1.54, 1.807) is 6.07 Å². The van der Waals surface area contributed by atoms with Gasteiger partial charge in [0.15, 0.2) is 0 Å². The lowest BCUT2D eigenvalue weighted by atomic mass is 9.97. The number of rotatable bonds is 7. The van der Waals surface area contributed by atoms with Crippen molar-refractivity contribution in [3.8, 4) is 5.75 Å². The van der Waals surface area contributed by atoms with Gasteiger partial charge in [0.05, 0.1) is 31.5 Å². The summed E-state index contributed by atoms with van der Waals surface area (Å²) in [4.78, 5) is 28.8. The molecule has 0 bridgehead atoms. The maximum Gasteiger partial charge on any atom is 0.254 e. The molecule has 2 fully saturated rings. The molecular weight excluding hydrogens is 432 g/mol. The summed E-state index contributed by atoms with van der Waals surface area (Å²) in [6, 6.07) is 13.5. The molecule has 8 heteroatoms. The monoisotopic (exact) mass is 462 g/mol. The first-order valence-corrected chi connectivity index (χ1v) is 12.0. The third-order valence-electron chi connectivity index (χ3n) is 6.59. The number of amides is 2. The molecule has 3 aromatic rings. The van der Waals surface area contributed by atoms with Crippen LogP contribution in [-0.4, -0.2) is 77.8 Å². The van der Waals surface area contributed by atoms with E-state index in [1.165, 1.54) is 5.56 Å².